The number of hydrogen-bond acceptors (Lipinski definition) is 2. The van der Waals surface area contributed by atoms with Crippen LogP contribution in [0.1, 0.15) is 19.4 Å². The topological polar surface area (TPSA) is 32.3 Å². The number of amides is 2. The van der Waals surface area contributed by atoms with Crippen LogP contribution in [0.15, 0.2) is 59.5 Å². The third-order valence-electron chi connectivity index (χ3n) is 3.23. The number of rotatable bonds is 4. The lowest BCUT2D eigenvalue weighted by atomic mass is 10.2. The number of nitrogens with zero attached hydrogens (tertiary/aromatic N) is 1. The molecule has 0 bridgehead atoms. The molecule has 2 rings (SSSR count). The van der Waals surface area contributed by atoms with Crippen molar-refractivity contribution in [2.24, 2.45) is 0 Å². The number of para-hydroxylation sites is 1. The SMILES string of the molecule is CC(C)N(Cc1ccccc1)C(=O)Nc1ccccc1S. The summed E-state index contributed by atoms with van der Waals surface area (Å²) in [6, 6.07) is 17.5. The van der Waals surface area contributed by atoms with Gasteiger partial charge in [-0.3, -0.25) is 0 Å². The third kappa shape index (κ3) is 4.26. The first-order valence-electron chi connectivity index (χ1n) is 6.97. The minimum atomic E-state index is -0.115. The molecule has 4 heteroatoms. The molecule has 3 nitrogen and oxygen atoms in total. The van der Waals surface area contributed by atoms with Crippen molar-refractivity contribution in [3.63, 3.8) is 0 Å². The van der Waals surface area contributed by atoms with E-state index in [9.17, 15) is 4.79 Å². The number of nitrogens with one attached hydrogen (secondary N) is 1. The van der Waals surface area contributed by atoms with Crippen LogP contribution in [0.4, 0.5) is 10.5 Å². The molecular weight excluding hydrogens is 280 g/mol. The van der Waals surface area contributed by atoms with Crippen molar-refractivity contribution in [1.82, 2.24) is 4.90 Å². The fourth-order valence-electron chi connectivity index (χ4n) is 2.04. The molecule has 2 aromatic rings. The van der Waals surface area contributed by atoms with Gasteiger partial charge < -0.3 is 10.2 Å². The average Bonchev–Trinajstić information content (AvgIpc) is 2.48. The van der Waals surface area contributed by atoms with E-state index in [1.165, 1.54) is 0 Å². The molecular formula is C17H20N2OS. The molecule has 21 heavy (non-hydrogen) atoms. The number of anilines is 1. The first kappa shape index (κ1) is 15.4. The zero-order valence-corrected chi connectivity index (χ0v) is 13.2. The van der Waals surface area contributed by atoms with Crippen molar-refractivity contribution in [3.8, 4) is 0 Å². The summed E-state index contributed by atoms with van der Waals surface area (Å²) in [7, 11) is 0. The van der Waals surface area contributed by atoms with Crippen molar-refractivity contribution < 1.29 is 4.79 Å². The maximum Gasteiger partial charge on any atom is 0.322 e. The van der Waals surface area contributed by atoms with E-state index >= 15 is 0 Å². The van der Waals surface area contributed by atoms with Crippen molar-refractivity contribution in [3.05, 3.63) is 60.2 Å². The van der Waals surface area contributed by atoms with Gasteiger partial charge in [-0.25, -0.2) is 4.79 Å². The summed E-state index contributed by atoms with van der Waals surface area (Å²) in [5, 5.41) is 2.92. The van der Waals surface area contributed by atoms with Crippen LogP contribution in [0.5, 0.6) is 0 Å². The minimum absolute atomic E-state index is 0.109. The monoisotopic (exact) mass is 300 g/mol. The van der Waals surface area contributed by atoms with Gasteiger partial charge in [-0.15, -0.1) is 12.6 Å². The maximum atomic E-state index is 12.5. The molecule has 0 atom stereocenters. The van der Waals surface area contributed by atoms with E-state index < -0.39 is 0 Å². The van der Waals surface area contributed by atoms with Gasteiger partial charge in [-0.1, -0.05) is 42.5 Å². The smallest absolute Gasteiger partial charge is 0.318 e. The number of hydrogen-bond donors (Lipinski definition) is 2. The second-order valence-electron chi connectivity index (χ2n) is 5.15. The Hall–Kier alpha value is -1.94. The summed E-state index contributed by atoms with van der Waals surface area (Å²) in [5.41, 5.74) is 1.84. The van der Waals surface area contributed by atoms with Crippen molar-refractivity contribution >= 4 is 24.3 Å². The van der Waals surface area contributed by atoms with Gasteiger partial charge in [0, 0.05) is 17.5 Å². The van der Waals surface area contributed by atoms with Crippen LogP contribution in [0.25, 0.3) is 0 Å². The molecule has 1 N–H and O–H groups in total. The van der Waals surface area contributed by atoms with E-state index in [1.54, 1.807) is 4.90 Å². The van der Waals surface area contributed by atoms with Crippen molar-refractivity contribution in [2.75, 3.05) is 5.32 Å². The van der Waals surface area contributed by atoms with Crippen molar-refractivity contribution in [1.29, 1.82) is 0 Å². The van der Waals surface area contributed by atoms with Crippen LogP contribution in [0, 0.1) is 0 Å². The minimum Gasteiger partial charge on any atom is -0.318 e. The molecule has 2 amide bonds. The molecule has 0 spiro atoms. The Labute approximate surface area is 131 Å². The molecule has 110 valence electrons. The second-order valence-corrected chi connectivity index (χ2v) is 5.64. The van der Waals surface area contributed by atoms with Gasteiger partial charge in [-0.2, -0.15) is 0 Å². The fraction of sp³-hybridized carbons (Fsp3) is 0.235. The standard InChI is InChI=1S/C17H20N2OS/c1-13(2)19(12-14-8-4-3-5-9-14)17(20)18-15-10-6-7-11-16(15)21/h3-11,13,21H,12H2,1-2H3,(H,18,20). The lowest BCUT2D eigenvalue weighted by Crippen LogP contribution is -2.39. The number of carbonyl (C=O) groups excluding carboxylic acids is 1. The van der Waals surface area contributed by atoms with Crippen LogP contribution in [0.2, 0.25) is 0 Å². The molecule has 0 aliphatic rings. The zero-order chi connectivity index (χ0) is 15.2. The molecule has 0 aliphatic heterocycles. The Balaban J connectivity index is 2.11. The van der Waals surface area contributed by atoms with E-state index in [4.69, 9.17) is 0 Å². The highest BCUT2D eigenvalue weighted by Gasteiger charge is 2.17. The number of thiol groups is 1. The predicted octanol–water partition coefficient (Wildman–Crippen LogP) is 4.42. The van der Waals surface area contributed by atoms with Crippen LogP contribution in [-0.4, -0.2) is 17.0 Å². The van der Waals surface area contributed by atoms with Gasteiger partial charge in [0.2, 0.25) is 0 Å². The van der Waals surface area contributed by atoms with E-state index in [0.717, 1.165) is 16.1 Å². The Kier molecular flexibility index (Phi) is 5.28. The number of carbonyl (C=O) groups is 1. The van der Waals surface area contributed by atoms with Gasteiger partial charge in [0.1, 0.15) is 0 Å². The highest BCUT2D eigenvalue weighted by atomic mass is 32.1. The number of urea groups is 1. The molecule has 0 radical (unpaired) electrons. The average molecular weight is 300 g/mol. The summed E-state index contributed by atoms with van der Waals surface area (Å²) in [5.74, 6) is 0. The second kappa shape index (κ2) is 7.18. The molecule has 2 aromatic carbocycles. The summed E-state index contributed by atoms with van der Waals surface area (Å²) in [6.45, 7) is 4.60. The summed E-state index contributed by atoms with van der Waals surface area (Å²) in [4.78, 5) is 15.1. The lowest BCUT2D eigenvalue weighted by Gasteiger charge is -2.27. The highest BCUT2D eigenvalue weighted by Crippen LogP contribution is 2.20. The van der Waals surface area contributed by atoms with Crippen molar-refractivity contribution in [2.45, 2.75) is 31.3 Å². The maximum absolute atomic E-state index is 12.5. The summed E-state index contributed by atoms with van der Waals surface area (Å²) < 4.78 is 0. The summed E-state index contributed by atoms with van der Waals surface area (Å²) >= 11 is 4.36. The van der Waals surface area contributed by atoms with Gasteiger partial charge >= 0.3 is 6.03 Å². The van der Waals surface area contributed by atoms with Crippen LogP contribution in [-0.2, 0) is 6.54 Å². The third-order valence-corrected chi connectivity index (χ3v) is 3.62. The lowest BCUT2D eigenvalue weighted by molar-refractivity contribution is 0.193. The molecule has 0 saturated carbocycles. The fourth-order valence-corrected chi connectivity index (χ4v) is 2.25. The largest absolute Gasteiger partial charge is 0.322 e. The Morgan fingerprint density at radius 1 is 1.10 bits per heavy atom. The molecule has 0 unspecified atom stereocenters. The Morgan fingerprint density at radius 3 is 2.33 bits per heavy atom. The van der Waals surface area contributed by atoms with Crippen LogP contribution < -0.4 is 5.32 Å². The number of benzene rings is 2. The molecule has 0 fully saturated rings. The van der Waals surface area contributed by atoms with Crippen LogP contribution in [0.3, 0.4) is 0 Å². The molecule has 0 aliphatic carbocycles. The molecule has 0 heterocycles. The van der Waals surface area contributed by atoms with E-state index in [0.29, 0.717) is 6.54 Å². The Morgan fingerprint density at radius 2 is 1.71 bits per heavy atom. The van der Waals surface area contributed by atoms with Gasteiger partial charge in [0.25, 0.3) is 0 Å². The molecule has 0 aromatic heterocycles. The Bertz CT molecular complexity index is 599. The first-order valence-corrected chi connectivity index (χ1v) is 7.42. The van der Waals surface area contributed by atoms with Gasteiger partial charge in [-0.05, 0) is 31.5 Å². The predicted molar refractivity (Wildman–Crippen MR) is 89.8 cm³/mol. The van der Waals surface area contributed by atoms with E-state index in [2.05, 4.69) is 17.9 Å². The quantitative estimate of drug-likeness (QED) is 0.805. The summed E-state index contributed by atoms with van der Waals surface area (Å²) in [6.07, 6.45) is 0. The van der Waals surface area contributed by atoms with Gasteiger partial charge in [0.05, 0.1) is 5.69 Å². The zero-order valence-electron chi connectivity index (χ0n) is 12.3. The normalized spacial score (nSPS) is 10.5. The van der Waals surface area contributed by atoms with E-state index in [-0.39, 0.29) is 12.1 Å². The van der Waals surface area contributed by atoms with Gasteiger partial charge in [0.15, 0.2) is 0 Å². The van der Waals surface area contributed by atoms with Crippen LogP contribution >= 0.6 is 12.6 Å². The molecule has 0 saturated heterocycles. The van der Waals surface area contributed by atoms with E-state index in [1.807, 2.05) is 68.4 Å². The highest BCUT2D eigenvalue weighted by molar-refractivity contribution is 7.80. The first-order chi connectivity index (χ1) is 10.1.